The standard InChI is InChI=1S/C14H24N4S/c1-2-4-8-18(7-3-1)14-16-11-13(19-14)12-17-9-5-15-6-10-17/h11,15H,1-10,12H2. The molecule has 1 N–H and O–H groups in total. The lowest BCUT2D eigenvalue weighted by atomic mass is 10.2. The average Bonchev–Trinajstić information content (AvgIpc) is 2.74. The Hall–Kier alpha value is -0.650. The monoisotopic (exact) mass is 280 g/mol. The van der Waals surface area contributed by atoms with Gasteiger partial charge in [-0.25, -0.2) is 4.98 Å². The van der Waals surface area contributed by atoms with E-state index in [2.05, 4.69) is 26.3 Å². The van der Waals surface area contributed by atoms with Crippen molar-refractivity contribution < 1.29 is 0 Å². The Bertz CT molecular complexity index is 379. The second-order valence-corrected chi connectivity index (χ2v) is 6.63. The normalized spacial score (nSPS) is 22.4. The van der Waals surface area contributed by atoms with E-state index in [4.69, 9.17) is 0 Å². The number of thiazole rings is 1. The molecule has 19 heavy (non-hydrogen) atoms. The fourth-order valence-corrected chi connectivity index (χ4v) is 3.87. The summed E-state index contributed by atoms with van der Waals surface area (Å²) in [6.07, 6.45) is 7.51. The molecule has 0 atom stereocenters. The third kappa shape index (κ3) is 3.68. The first kappa shape index (κ1) is 13.3. The van der Waals surface area contributed by atoms with Crippen molar-refractivity contribution >= 4 is 16.5 Å². The molecule has 1 aromatic heterocycles. The van der Waals surface area contributed by atoms with Crippen LogP contribution in [0.1, 0.15) is 30.6 Å². The molecule has 2 saturated heterocycles. The van der Waals surface area contributed by atoms with Crippen LogP contribution in [0.3, 0.4) is 0 Å². The molecule has 3 rings (SSSR count). The van der Waals surface area contributed by atoms with E-state index in [1.54, 1.807) is 0 Å². The Balaban J connectivity index is 1.58. The van der Waals surface area contributed by atoms with Gasteiger partial charge in [-0.15, -0.1) is 11.3 Å². The van der Waals surface area contributed by atoms with Crippen LogP contribution in [0.5, 0.6) is 0 Å². The lowest BCUT2D eigenvalue weighted by Gasteiger charge is -2.26. The molecule has 0 bridgehead atoms. The summed E-state index contributed by atoms with van der Waals surface area (Å²) in [5.74, 6) is 0. The van der Waals surface area contributed by atoms with Gasteiger partial charge < -0.3 is 10.2 Å². The van der Waals surface area contributed by atoms with Gasteiger partial charge in [0.15, 0.2) is 5.13 Å². The topological polar surface area (TPSA) is 31.4 Å². The van der Waals surface area contributed by atoms with Crippen molar-refractivity contribution in [1.29, 1.82) is 0 Å². The van der Waals surface area contributed by atoms with Crippen LogP contribution < -0.4 is 10.2 Å². The van der Waals surface area contributed by atoms with Crippen LogP contribution in [0, 0.1) is 0 Å². The number of piperazine rings is 1. The molecule has 0 aliphatic carbocycles. The number of nitrogens with zero attached hydrogens (tertiary/aromatic N) is 3. The van der Waals surface area contributed by atoms with Crippen molar-refractivity contribution in [3.8, 4) is 0 Å². The third-order valence-electron chi connectivity index (χ3n) is 4.01. The predicted octanol–water partition coefficient (Wildman–Crippen LogP) is 1.93. The minimum Gasteiger partial charge on any atom is -0.348 e. The van der Waals surface area contributed by atoms with Crippen molar-refractivity contribution in [1.82, 2.24) is 15.2 Å². The molecular formula is C14H24N4S. The second kappa shape index (κ2) is 6.68. The molecule has 0 amide bonds. The SMILES string of the molecule is c1nc(N2CCCCCC2)sc1CN1CCNCC1. The molecule has 2 aliphatic heterocycles. The molecule has 1 aromatic rings. The number of anilines is 1. The van der Waals surface area contributed by atoms with E-state index in [0.29, 0.717) is 0 Å². The number of hydrogen-bond donors (Lipinski definition) is 1. The molecule has 0 saturated carbocycles. The summed E-state index contributed by atoms with van der Waals surface area (Å²) in [4.78, 5) is 11.1. The van der Waals surface area contributed by atoms with Crippen LogP contribution in [0.15, 0.2) is 6.20 Å². The van der Waals surface area contributed by atoms with Gasteiger partial charge >= 0.3 is 0 Å². The maximum atomic E-state index is 4.65. The van der Waals surface area contributed by atoms with Crippen LogP contribution in [0.25, 0.3) is 0 Å². The van der Waals surface area contributed by atoms with Crippen molar-refractivity contribution in [2.24, 2.45) is 0 Å². The van der Waals surface area contributed by atoms with Crippen molar-refractivity contribution in [3.05, 3.63) is 11.1 Å². The van der Waals surface area contributed by atoms with Gasteiger partial charge in [0.1, 0.15) is 0 Å². The molecule has 5 heteroatoms. The summed E-state index contributed by atoms with van der Waals surface area (Å²) >= 11 is 1.90. The molecule has 106 valence electrons. The van der Waals surface area contributed by atoms with E-state index < -0.39 is 0 Å². The first-order chi connectivity index (χ1) is 9.42. The van der Waals surface area contributed by atoms with E-state index in [1.165, 1.54) is 48.8 Å². The zero-order valence-corrected chi connectivity index (χ0v) is 12.4. The van der Waals surface area contributed by atoms with Gasteiger partial charge in [-0.2, -0.15) is 0 Å². The van der Waals surface area contributed by atoms with Crippen molar-refractivity contribution in [2.75, 3.05) is 44.2 Å². The van der Waals surface area contributed by atoms with Crippen molar-refractivity contribution in [3.63, 3.8) is 0 Å². The summed E-state index contributed by atoms with van der Waals surface area (Å²) in [5, 5.41) is 4.64. The zero-order valence-electron chi connectivity index (χ0n) is 11.6. The number of rotatable bonds is 3. The zero-order chi connectivity index (χ0) is 12.9. The highest BCUT2D eigenvalue weighted by Gasteiger charge is 2.15. The molecule has 2 fully saturated rings. The Morgan fingerprint density at radius 3 is 2.53 bits per heavy atom. The van der Waals surface area contributed by atoms with Crippen LogP contribution >= 0.6 is 11.3 Å². The molecular weight excluding hydrogens is 256 g/mol. The minimum absolute atomic E-state index is 1.08. The Morgan fingerprint density at radius 2 is 1.79 bits per heavy atom. The van der Waals surface area contributed by atoms with Gasteiger partial charge in [0.05, 0.1) is 0 Å². The van der Waals surface area contributed by atoms with E-state index >= 15 is 0 Å². The summed E-state index contributed by atoms with van der Waals surface area (Å²) in [5.41, 5.74) is 0. The fraction of sp³-hybridized carbons (Fsp3) is 0.786. The smallest absolute Gasteiger partial charge is 0.185 e. The summed E-state index contributed by atoms with van der Waals surface area (Å²) < 4.78 is 0. The first-order valence-corrected chi connectivity index (χ1v) is 8.36. The van der Waals surface area contributed by atoms with Gasteiger partial charge in [-0.1, -0.05) is 12.8 Å². The lowest BCUT2D eigenvalue weighted by Crippen LogP contribution is -2.42. The Labute approximate surface area is 119 Å². The maximum absolute atomic E-state index is 4.65. The highest BCUT2D eigenvalue weighted by molar-refractivity contribution is 7.15. The Kier molecular flexibility index (Phi) is 4.69. The minimum atomic E-state index is 1.08. The van der Waals surface area contributed by atoms with E-state index in [9.17, 15) is 0 Å². The molecule has 3 heterocycles. The number of nitrogens with one attached hydrogen (secondary N) is 1. The molecule has 2 aliphatic rings. The third-order valence-corrected chi connectivity index (χ3v) is 5.05. The summed E-state index contributed by atoms with van der Waals surface area (Å²) in [6.45, 7) is 8.04. The lowest BCUT2D eigenvalue weighted by molar-refractivity contribution is 0.235. The maximum Gasteiger partial charge on any atom is 0.185 e. The van der Waals surface area contributed by atoms with E-state index in [-0.39, 0.29) is 0 Å². The highest BCUT2D eigenvalue weighted by Crippen LogP contribution is 2.26. The first-order valence-electron chi connectivity index (χ1n) is 7.54. The molecule has 0 aromatic carbocycles. The molecule has 4 nitrogen and oxygen atoms in total. The van der Waals surface area contributed by atoms with Gasteiger partial charge in [-0.05, 0) is 12.8 Å². The van der Waals surface area contributed by atoms with Crippen LogP contribution in [0.2, 0.25) is 0 Å². The Morgan fingerprint density at radius 1 is 1.05 bits per heavy atom. The van der Waals surface area contributed by atoms with Gasteiger partial charge in [-0.3, -0.25) is 4.90 Å². The van der Waals surface area contributed by atoms with Crippen molar-refractivity contribution in [2.45, 2.75) is 32.2 Å². The summed E-state index contributed by atoms with van der Waals surface area (Å²) in [6, 6.07) is 0. The van der Waals surface area contributed by atoms with Gasteiger partial charge in [0, 0.05) is 56.9 Å². The van der Waals surface area contributed by atoms with E-state index in [1.807, 2.05) is 11.3 Å². The quantitative estimate of drug-likeness (QED) is 0.917. The molecule has 0 spiro atoms. The van der Waals surface area contributed by atoms with Gasteiger partial charge in [0.25, 0.3) is 0 Å². The van der Waals surface area contributed by atoms with Crippen LogP contribution in [-0.2, 0) is 6.54 Å². The van der Waals surface area contributed by atoms with Gasteiger partial charge in [0.2, 0.25) is 0 Å². The summed E-state index contributed by atoms with van der Waals surface area (Å²) in [7, 11) is 0. The fourth-order valence-electron chi connectivity index (χ4n) is 2.87. The number of aromatic nitrogens is 1. The van der Waals surface area contributed by atoms with E-state index in [0.717, 1.165) is 32.7 Å². The molecule has 0 unspecified atom stereocenters. The largest absolute Gasteiger partial charge is 0.348 e. The van der Waals surface area contributed by atoms with Crippen LogP contribution in [0.4, 0.5) is 5.13 Å². The number of hydrogen-bond acceptors (Lipinski definition) is 5. The average molecular weight is 280 g/mol. The second-order valence-electron chi connectivity index (χ2n) is 5.54. The van der Waals surface area contributed by atoms with Crippen LogP contribution in [-0.4, -0.2) is 49.2 Å². The molecule has 0 radical (unpaired) electrons. The highest BCUT2D eigenvalue weighted by atomic mass is 32.1. The predicted molar refractivity (Wildman–Crippen MR) is 80.9 cm³/mol.